The predicted octanol–water partition coefficient (Wildman–Crippen LogP) is 2.23. The molecule has 11 heavy (non-hydrogen) atoms. The Hall–Kier alpha value is -0.790. The molecule has 1 aromatic heterocycles. The molecule has 0 unspecified atom stereocenters. The first-order chi connectivity index (χ1) is 5.29. The summed E-state index contributed by atoms with van der Waals surface area (Å²) in [7, 11) is 0. The normalized spacial score (nSPS) is 10.5. The van der Waals surface area contributed by atoms with E-state index < -0.39 is 0 Å². The third-order valence-electron chi connectivity index (χ3n) is 2.01. The second-order valence-corrected chi connectivity index (χ2v) is 2.87. The fourth-order valence-corrected chi connectivity index (χ4v) is 1.43. The van der Waals surface area contributed by atoms with Crippen molar-refractivity contribution in [2.24, 2.45) is 0 Å². The molecule has 0 amide bonds. The lowest BCUT2D eigenvalue weighted by atomic mass is 10.1. The van der Waals surface area contributed by atoms with Crippen LogP contribution in [0.3, 0.4) is 0 Å². The van der Waals surface area contributed by atoms with Crippen LogP contribution in [0.5, 0.6) is 0 Å². The van der Waals surface area contributed by atoms with E-state index in [0.717, 1.165) is 18.5 Å². The first-order valence-corrected chi connectivity index (χ1v) is 4.32. The van der Waals surface area contributed by atoms with Gasteiger partial charge in [-0.25, -0.2) is 0 Å². The summed E-state index contributed by atoms with van der Waals surface area (Å²) in [5.41, 5.74) is 3.90. The van der Waals surface area contributed by atoms with Crippen molar-refractivity contribution >= 4 is 0 Å². The second-order valence-electron chi connectivity index (χ2n) is 2.87. The summed E-state index contributed by atoms with van der Waals surface area (Å²) in [4.78, 5) is 0. The van der Waals surface area contributed by atoms with Crippen LogP contribution in [0.1, 0.15) is 37.2 Å². The topological polar surface area (TPSA) is 28.7 Å². The smallest absolute Gasteiger partial charge is 0.0625 e. The lowest BCUT2D eigenvalue weighted by Crippen LogP contribution is -1.90. The van der Waals surface area contributed by atoms with Crippen molar-refractivity contribution in [3.63, 3.8) is 0 Å². The van der Waals surface area contributed by atoms with Gasteiger partial charge in [0.05, 0.1) is 5.69 Å². The Balaban J connectivity index is 2.86. The number of nitrogens with zero attached hydrogens (tertiary/aromatic N) is 1. The van der Waals surface area contributed by atoms with Gasteiger partial charge in [-0.2, -0.15) is 5.10 Å². The molecule has 2 nitrogen and oxygen atoms in total. The van der Waals surface area contributed by atoms with E-state index in [2.05, 4.69) is 31.0 Å². The molecule has 0 fully saturated rings. The van der Waals surface area contributed by atoms with Crippen molar-refractivity contribution in [3.05, 3.63) is 17.0 Å². The summed E-state index contributed by atoms with van der Waals surface area (Å²) in [6.07, 6.45) is 3.41. The first-order valence-electron chi connectivity index (χ1n) is 4.32. The quantitative estimate of drug-likeness (QED) is 0.707. The zero-order valence-electron chi connectivity index (χ0n) is 7.57. The van der Waals surface area contributed by atoms with Gasteiger partial charge in [0.15, 0.2) is 0 Å². The van der Waals surface area contributed by atoms with Gasteiger partial charge in [0, 0.05) is 5.69 Å². The number of aromatic nitrogens is 2. The summed E-state index contributed by atoms with van der Waals surface area (Å²) in [5.74, 6) is 0. The van der Waals surface area contributed by atoms with Crippen molar-refractivity contribution in [1.29, 1.82) is 0 Å². The molecule has 0 radical (unpaired) electrons. The van der Waals surface area contributed by atoms with E-state index >= 15 is 0 Å². The molecule has 2 heteroatoms. The Morgan fingerprint density at radius 2 is 2.09 bits per heavy atom. The number of hydrogen-bond acceptors (Lipinski definition) is 1. The number of nitrogens with one attached hydrogen (secondary N) is 1. The van der Waals surface area contributed by atoms with Crippen LogP contribution in [0.15, 0.2) is 0 Å². The lowest BCUT2D eigenvalue weighted by molar-refractivity contribution is 0.853. The van der Waals surface area contributed by atoms with Crippen molar-refractivity contribution < 1.29 is 0 Å². The van der Waals surface area contributed by atoms with E-state index in [9.17, 15) is 0 Å². The van der Waals surface area contributed by atoms with Crippen LogP contribution in [-0.2, 0) is 12.8 Å². The van der Waals surface area contributed by atoms with E-state index in [1.165, 1.54) is 17.7 Å². The zero-order valence-corrected chi connectivity index (χ0v) is 7.57. The van der Waals surface area contributed by atoms with Crippen LogP contribution in [0.4, 0.5) is 0 Å². The maximum atomic E-state index is 4.18. The van der Waals surface area contributed by atoms with Gasteiger partial charge in [-0.3, -0.25) is 5.10 Å². The minimum Gasteiger partial charge on any atom is -0.282 e. The van der Waals surface area contributed by atoms with Gasteiger partial charge < -0.3 is 0 Å². The predicted molar refractivity (Wildman–Crippen MR) is 46.7 cm³/mol. The molecule has 1 N–H and O–H groups in total. The number of aryl methyl sites for hydroxylation is 2. The molecule has 0 saturated heterocycles. The molecular weight excluding hydrogens is 136 g/mol. The van der Waals surface area contributed by atoms with Crippen molar-refractivity contribution in [1.82, 2.24) is 10.2 Å². The van der Waals surface area contributed by atoms with Gasteiger partial charge in [0.1, 0.15) is 0 Å². The Bertz CT molecular complexity index is 225. The first kappa shape index (κ1) is 8.31. The minimum absolute atomic E-state index is 1.09. The minimum atomic E-state index is 1.09. The molecule has 0 aliphatic carbocycles. The summed E-state index contributed by atoms with van der Waals surface area (Å²) >= 11 is 0. The highest BCUT2D eigenvalue weighted by molar-refractivity contribution is 5.24. The summed E-state index contributed by atoms with van der Waals surface area (Å²) in [6.45, 7) is 6.43. The van der Waals surface area contributed by atoms with Crippen molar-refractivity contribution in [3.8, 4) is 0 Å². The van der Waals surface area contributed by atoms with Gasteiger partial charge in [-0.15, -0.1) is 0 Å². The molecule has 0 aliphatic rings. The SMILES string of the molecule is CCCc1[nH]nc(C)c1CC. The molecule has 62 valence electrons. The van der Waals surface area contributed by atoms with E-state index in [1.807, 2.05) is 0 Å². The van der Waals surface area contributed by atoms with Crippen LogP contribution in [-0.4, -0.2) is 10.2 Å². The molecule has 1 rings (SSSR count). The Morgan fingerprint density at radius 1 is 1.36 bits per heavy atom. The van der Waals surface area contributed by atoms with Crippen LogP contribution in [0.25, 0.3) is 0 Å². The number of hydrogen-bond donors (Lipinski definition) is 1. The molecule has 1 heterocycles. The third kappa shape index (κ3) is 1.62. The Morgan fingerprint density at radius 3 is 2.64 bits per heavy atom. The molecule has 0 aromatic carbocycles. The van der Waals surface area contributed by atoms with E-state index in [-0.39, 0.29) is 0 Å². The summed E-state index contributed by atoms with van der Waals surface area (Å²) in [5, 5.41) is 7.26. The second kappa shape index (κ2) is 3.56. The molecule has 0 aliphatic heterocycles. The fraction of sp³-hybridized carbons (Fsp3) is 0.667. The van der Waals surface area contributed by atoms with Gasteiger partial charge in [-0.05, 0) is 25.3 Å². The molecule has 0 bridgehead atoms. The van der Waals surface area contributed by atoms with Crippen LogP contribution >= 0.6 is 0 Å². The lowest BCUT2D eigenvalue weighted by Gasteiger charge is -1.97. The number of rotatable bonds is 3. The standard InChI is InChI=1S/C9H16N2/c1-4-6-9-8(5-2)7(3)10-11-9/h4-6H2,1-3H3,(H,10,11). The molecule has 1 aromatic rings. The molecule has 0 spiro atoms. The molecule has 0 atom stereocenters. The van der Waals surface area contributed by atoms with Crippen molar-refractivity contribution in [2.45, 2.75) is 40.0 Å². The Kier molecular flexibility index (Phi) is 2.69. The average Bonchev–Trinajstić information content (AvgIpc) is 2.33. The van der Waals surface area contributed by atoms with Crippen molar-refractivity contribution in [2.75, 3.05) is 0 Å². The summed E-state index contributed by atoms with van der Waals surface area (Å²) in [6, 6.07) is 0. The number of H-pyrrole nitrogens is 1. The molecular formula is C9H16N2. The largest absolute Gasteiger partial charge is 0.282 e. The van der Waals surface area contributed by atoms with Gasteiger partial charge >= 0.3 is 0 Å². The highest BCUT2D eigenvalue weighted by Crippen LogP contribution is 2.12. The maximum Gasteiger partial charge on any atom is 0.0625 e. The van der Waals surface area contributed by atoms with Gasteiger partial charge in [0.2, 0.25) is 0 Å². The van der Waals surface area contributed by atoms with Gasteiger partial charge in [0.25, 0.3) is 0 Å². The third-order valence-corrected chi connectivity index (χ3v) is 2.01. The van der Waals surface area contributed by atoms with Crippen LogP contribution < -0.4 is 0 Å². The fourth-order valence-electron chi connectivity index (χ4n) is 1.43. The zero-order chi connectivity index (χ0) is 8.27. The highest BCUT2D eigenvalue weighted by atomic mass is 15.1. The van der Waals surface area contributed by atoms with Crippen LogP contribution in [0, 0.1) is 6.92 Å². The molecule has 0 saturated carbocycles. The van der Waals surface area contributed by atoms with Crippen LogP contribution in [0.2, 0.25) is 0 Å². The van der Waals surface area contributed by atoms with E-state index in [1.54, 1.807) is 0 Å². The maximum absolute atomic E-state index is 4.18. The van der Waals surface area contributed by atoms with E-state index in [0.29, 0.717) is 0 Å². The summed E-state index contributed by atoms with van der Waals surface area (Å²) < 4.78 is 0. The van der Waals surface area contributed by atoms with E-state index in [4.69, 9.17) is 0 Å². The van der Waals surface area contributed by atoms with Gasteiger partial charge in [-0.1, -0.05) is 20.3 Å². The average molecular weight is 152 g/mol. The monoisotopic (exact) mass is 152 g/mol. The number of aromatic amines is 1. The highest BCUT2D eigenvalue weighted by Gasteiger charge is 2.05. The Labute approximate surface area is 68.0 Å².